The van der Waals surface area contributed by atoms with Gasteiger partial charge in [-0.15, -0.1) is 0 Å². The van der Waals surface area contributed by atoms with Crippen LogP contribution < -0.4 is 9.47 Å². The van der Waals surface area contributed by atoms with Gasteiger partial charge >= 0.3 is 5.97 Å². The number of benzene rings is 2. The molecule has 172 valence electrons. The van der Waals surface area contributed by atoms with E-state index in [0.717, 1.165) is 24.2 Å². The van der Waals surface area contributed by atoms with E-state index in [9.17, 15) is 9.59 Å². The first kappa shape index (κ1) is 23.6. The lowest BCUT2D eigenvalue weighted by Gasteiger charge is -2.32. The van der Waals surface area contributed by atoms with Crippen molar-refractivity contribution in [3.63, 3.8) is 0 Å². The Balaban J connectivity index is 1.61. The summed E-state index contributed by atoms with van der Waals surface area (Å²) in [6.45, 7) is 8.47. The fourth-order valence-corrected chi connectivity index (χ4v) is 3.86. The van der Waals surface area contributed by atoms with Gasteiger partial charge in [-0.3, -0.25) is 4.79 Å². The van der Waals surface area contributed by atoms with Crippen LogP contribution in [0.1, 0.15) is 62.4 Å². The van der Waals surface area contributed by atoms with E-state index < -0.39 is 5.60 Å². The number of likely N-dealkylation sites (tertiary alicyclic amines) is 1. The normalized spacial score (nSPS) is 14.9. The lowest BCUT2D eigenvalue weighted by atomic mass is 9.89. The minimum Gasteiger partial charge on any atom is -0.497 e. The van der Waals surface area contributed by atoms with Gasteiger partial charge in [0.25, 0.3) is 5.91 Å². The highest BCUT2D eigenvalue weighted by Gasteiger charge is 2.33. The number of methoxy groups -OCH3 is 1. The molecule has 0 spiro atoms. The van der Waals surface area contributed by atoms with Crippen LogP contribution >= 0.6 is 0 Å². The van der Waals surface area contributed by atoms with Gasteiger partial charge in [0.15, 0.2) is 5.60 Å². The number of rotatable bonds is 7. The van der Waals surface area contributed by atoms with Gasteiger partial charge in [-0.2, -0.15) is 0 Å². The Labute approximate surface area is 190 Å². The number of esters is 1. The van der Waals surface area contributed by atoms with Gasteiger partial charge < -0.3 is 19.1 Å². The summed E-state index contributed by atoms with van der Waals surface area (Å²) < 4.78 is 16.5. The number of carbonyl (C=O) groups is 2. The van der Waals surface area contributed by atoms with Gasteiger partial charge in [-0.25, -0.2) is 4.79 Å². The maximum absolute atomic E-state index is 12.8. The lowest BCUT2D eigenvalue weighted by molar-refractivity contribution is -0.163. The second-order valence-electron chi connectivity index (χ2n) is 8.93. The summed E-state index contributed by atoms with van der Waals surface area (Å²) in [6.07, 6.45) is 1.57. The van der Waals surface area contributed by atoms with Crippen LogP contribution in [0.2, 0.25) is 0 Å². The van der Waals surface area contributed by atoms with Crippen LogP contribution in [0, 0.1) is 0 Å². The summed E-state index contributed by atoms with van der Waals surface area (Å²) in [4.78, 5) is 27.0. The molecule has 1 fully saturated rings. The third-order valence-electron chi connectivity index (χ3n) is 5.66. The third kappa shape index (κ3) is 5.81. The molecule has 1 aliphatic heterocycles. The number of hydrogen-bond donors (Lipinski definition) is 0. The topological polar surface area (TPSA) is 65.1 Å². The highest BCUT2D eigenvalue weighted by atomic mass is 16.6. The molecule has 32 heavy (non-hydrogen) atoms. The summed E-state index contributed by atoms with van der Waals surface area (Å²) in [5, 5.41) is 0. The smallest absolute Gasteiger partial charge is 0.350 e. The van der Waals surface area contributed by atoms with Gasteiger partial charge in [-0.05, 0) is 88.4 Å². The van der Waals surface area contributed by atoms with Gasteiger partial charge in [-0.1, -0.05) is 12.1 Å². The van der Waals surface area contributed by atoms with Crippen LogP contribution in [0.3, 0.4) is 0 Å². The Morgan fingerprint density at radius 3 is 2.25 bits per heavy atom. The Kier molecular flexibility index (Phi) is 7.44. The highest BCUT2D eigenvalue weighted by molar-refractivity contribution is 5.94. The van der Waals surface area contributed by atoms with Crippen LogP contribution in [0.4, 0.5) is 0 Å². The van der Waals surface area contributed by atoms with Crippen LogP contribution in [0.5, 0.6) is 11.5 Å². The average molecular weight is 440 g/mol. The first-order chi connectivity index (χ1) is 15.2. The molecule has 0 atom stereocenters. The zero-order valence-electron chi connectivity index (χ0n) is 19.6. The zero-order valence-corrected chi connectivity index (χ0v) is 19.6. The summed E-state index contributed by atoms with van der Waals surface area (Å²) in [6, 6.07) is 15.1. The summed E-state index contributed by atoms with van der Waals surface area (Å²) >= 11 is 0. The minimum atomic E-state index is -1.07. The van der Waals surface area contributed by atoms with Gasteiger partial charge in [0.05, 0.1) is 13.2 Å². The van der Waals surface area contributed by atoms with Crippen molar-refractivity contribution in [2.75, 3.05) is 20.2 Å². The number of piperidine rings is 1. The Morgan fingerprint density at radius 1 is 1.00 bits per heavy atom. The largest absolute Gasteiger partial charge is 0.497 e. The predicted molar refractivity (Wildman–Crippen MR) is 123 cm³/mol. The third-order valence-corrected chi connectivity index (χ3v) is 5.66. The SMILES string of the molecule is COc1ccc(C(=O)N2CCC(c3cccc(OC(C)(C)C(=O)OC(C)C)c3)CC2)cc1. The molecule has 1 heterocycles. The monoisotopic (exact) mass is 439 g/mol. The fraction of sp³-hybridized carbons (Fsp3) is 0.462. The molecule has 2 aromatic carbocycles. The van der Waals surface area contributed by atoms with Crippen molar-refractivity contribution in [1.29, 1.82) is 0 Å². The number of ether oxygens (including phenoxy) is 3. The van der Waals surface area contributed by atoms with Crippen molar-refractivity contribution in [1.82, 2.24) is 4.90 Å². The average Bonchev–Trinajstić information content (AvgIpc) is 2.78. The van der Waals surface area contributed by atoms with Gasteiger partial charge in [0, 0.05) is 18.7 Å². The van der Waals surface area contributed by atoms with Gasteiger partial charge in [0.2, 0.25) is 0 Å². The predicted octanol–water partition coefficient (Wildman–Crippen LogP) is 4.82. The van der Waals surface area contributed by atoms with E-state index >= 15 is 0 Å². The molecule has 6 heteroatoms. The Bertz CT molecular complexity index is 927. The summed E-state index contributed by atoms with van der Waals surface area (Å²) in [5.74, 6) is 1.38. The van der Waals surface area contributed by atoms with E-state index in [-0.39, 0.29) is 18.0 Å². The van der Waals surface area contributed by atoms with Crippen molar-refractivity contribution in [3.8, 4) is 11.5 Å². The van der Waals surface area contributed by atoms with Crippen LogP contribution in [0.25, 0.3) is 0 Å². The summed E-state index contributed by atoms with van der Waals surface area (Å²) in [5.41, 5.74) is 0.763. The molecule has 0 radical (unpaired) electrons. The molecular weight excluding hydrogens is 406 g/mol. The molecule has 6 nitrogen and oxygen atoms in total. The Hall–Kier alpha value is -3.02. The quantitative estimate of drug-likeness (QED) is 0.579. The molecule has 1 amide bonds. The maximum Gasteiger partial charge on any atom is 0.350 e. The van der Waals surface area contributed by atoms with Gasteiger partial charge in [0.1, 0.15) is 11.5 Å². The molecule has 2 aromatic rings. The van der Waals surface area contributed by atoms with Crippen molar-refractivity contribution in [3.05, 3.63) is 59.7 Å². The van der Waals surface area contributed by atoms with Crippen molar-refractivity contribution in [2.24, 2.45) is 0 Å². The molecule has 1 saturated heterocycles. The van der Waals surface area contributed by atoms with E-state index in [0.29, 0.717) is 30.3 Å². The minimum absolute atomic E-state index is 0.0496. The molecule has 0 bridgehead atoms. The molecular formula is C26H33NO5. The summed E-state index contributed by atoms with van der Waals surface area (Å²) in [7, 11) is 1.61. The maximum atomic E-state index is 12.8. The number of hydrogen-bond acceptors (Lipinski definition) is 5. The highest BCUT2D eigenvalue weighted by Crippen LogP contribution is 2.32. The number of amides is 1. The second kappa shape index (κ2) is 10.1. The molecule has 3 rings (SSSR count). The first-order valence-corrected chi connectivity index (χ1v) is 11.1. The second-order valence-corrected chi connectivity index (χ2v) is 8.93. The molecule has 0 saturated carbocycles. The van der Waals surface area contributed by atoms with E-state index in [2.05, 4.69) is 6.07 Å². The van der Waals surface area contributed by atoms with E-state index in [1.54, 1.807) is 33.1 Å². The number of carbonyl (C=O) groups excluding carboxylic acids is 2. The van der Waals surface area contributed by atoms with Crippen molar-refractivity contribution < 1.29 is 23.8 Å². The zero-order chi connectivity index (χ0) is 23.3. The van der Waals surface area contributed by atoms with E-state index in [1.165, 1.54) is 0 Å². The lowest BCUT2D eigenvalue weighted by Crippen LogP contribution is -2.41. The molecule has 0 aliphatic carbocycles. The van der Waals surface area contributed by atoms with Crippen molar-refractivity contribution in [2.45, 2.75) is 58.2 Å². The van der Waals surface area contributed by atoms with Crippen molar-refractivity contribution >= 4 is 11.9 Å². The van der Waals surface area contributed by atoms with Crippen LogP contribution in [-0.2, 0) is 9.53 Å². The molecule has 0 aromatic heterocycles. The molecule has 1 aliphatic rings. The first-order valence-electron chi connectivity index (χ1n) is 11.1. The Morgan fingerprint density at radius 2 is 1.66 bits per heavy atom. The van der Waals surface area contributed by atoms with E-state index in [1.807, 2.05) is 49.1 Å². The fourth-order valence-electron chi connectivity index (χ4n) is 3.86. The molecule has 0 N–H and O–H groups in total. The number of nitrogens with zero attached hydrogens (tertiary/aromatic N) is 1. The van der Waals surface area contributed by atoms with Crippen LogP contribution in [0.15, 0.2) is 48.5 Å². The van der Waals surface area contributed by atoms with E-state index in [4.69, 9.17) is 14.2 Å². The molecule has 0 unspecified atom stereocenters. The standard InChI is InChI=1S/C26H33NO5/c1-18(2)31-25(29)26(3,4)32-23-8-6-7-21(17-23)19-13-15-27(16-14-19)24(28)20-9-11-22(30-5)12-10-20/h6-12,17-19H,13-16H2,1-5H3. The van der Waals surface area contributed by atoms with Crippen LogP contribution in [-0.4, -0.2) is 48.7 Å².